The van der Waals surface area contributed by atoms with Crippen LogP contribution < -0.4 is 4.90 Å². The molecule has 3 heteroatoms. The molecular formula is C33H33N3. The van der Waals surface area contributed by atoms with Crippen LogP contribution in [0.3, 0.4) is 0 Å². The first-order chi connectivity index (χ1) is 17.5. The lowest BCUT2D eigenvalue weighted by atomic mass is 9.89. The number of nitrogens with zero attached hydrogens (tertiary/aromatic N) is 3. The largest absolute Gasteiger partial charge is 0.338 e. The van der Waals surface area contributed by atoms with Crippen molar-refractivity contribution in [3.05, 3.63) is 113 Å². The molecule has 0 aliphatic heterocycles. The van der Waals surface area contributed by atoms with Crippen LogP contribution in [0.5, 0.6) is 0 Å². The highest BCUT2D eigenvalue weighted by molar-refractivity contribution is 5.82. The molecule has 2 aliphatic rings. The number of benzene rings is 2. The van der Waals surface area contributed by atoms with Crippen molar-refractivity contribution in [2.24, 2.45) is 0 Å². The smallest absolute Gasteiger partial charge is 0.0962 e. The Hall–Kier alpha value is -4.03. The molecular weight excluding hydrogens is 438 g/mol. The van der Waals surface area contributed by atoms with Gasteiger partial charge >= 0.3 is 0 Å². The minimum absolute atomic E-state index is 0.206. The highest BCUT2D eigenvalue weighted by Crippen LogP contribution is 2.41. The summed E-state index contributed by atoms with van der Waals surface area (Å²) in [6.07, 6.45) is 14.3. The molecule has 0 amide bonds. The molecule has 2 aliphatic carbocycles. The molecule has 1 heterocycles. The second kappa shape index (κ2) is 9.91. The molecule has 0 bridgehead atoms. The number of hydrogen-bond acceptors (Lipinski definition) is 2. The molecule has 36 heavy (non-hydrogen) atoms. The van der Waals surface area contributed by atoms with Gasteiger partial charge in [0.05, 0.1) is 12.1 Å². The third-order valence-electron chi connectivity index (χ3n) is 7.57. The molecule has 3 nitrogen and oxygen atoms in total. The van der Waals surface area contributed by atoms with Crippen molar-refractivity contribution < 1.29 is 0 Å². The summed E-state index contributed by atoms with van der Waals surface area (Å²) < 4.78 is 2.29. The molecule has 1 unspecified atom stereocenters. The quantitative estimate of drug-likeness (QED) is 0.351. The number of anilines is 1. The van der Waals surface area contributed by atoms with Gasteiger partial charge in [0.2, 0.25) is 0 Å². The maximum atomic E-state index is 9.66. The Morgan fingerprint density at radius 2 is 1.78 bits per heavy atom. The van der Waals surface area contributed by atoms with Gasteiger partial charge in [-0.2, -0.15) is 5.26 Å². The monoisotopic (exact) mass is 471 g/mol. The zero-order valence-corrected chi connectivity index (χ0v) is 21.6. The van der Waals surface area contributed by atoms with E-state index in [9.17, 15) is 5.26 Å². The van der Waals surface area contributed by atoms with Crippen LogP contribution in [0.1, 0.15) is 49.2 Å². The lowest BCUT2D eigenvalue weighted by Gasteiger charge is -2.36. The predicted octanol–water partition coefficient (Wildman–Crippen LogP) is 8.22. The number of fused-ring (bicyclic) bond motifs is 1. The maximum absolute atomic E-state index is 9.66. The van der Waals surface area contributed by atoms with Gasteiger partial charge in [-0.25, -0.2) is 0 Å². The van der Waals surface area contributed by atoms with E-state index in [1.54, 1.807) is 0 Å². The van der Waals surface area contributed by atoms with E-state index in [2.05, 4.69) is 121 Å². The van der Waals surface area contributed by atoms with Crippen LogP contribution in [0.4, 0.5) is 5.69 Å². The van der Waals surface area contributed by atoms with Crippen molar-refractivity contribution in [2.45, 2.75) is 53.0 Å². The standard InChI is InChI=1S/C33H33N3/c1-23-13-11-12-18-30(23)33-26(4)35(25(3)24(2)22-34)32-20-19-29(21-31(32)33)36(27-14-7-5-8-15-27)28-16-9-6-10-17-28/h5-9,11-16,18-20,29H,10,17,21H2,1-4H3/b25-24-. The molecule has 0 spiro atoms. The number of nitriles is 1. The minimum atomic E-state index is 0.206. The summed E-state index contributed by atoms with van der Waals surface area (Å²) in [5.41, 5.74) is 11.9. The molecule has 1 atom stereocenters. The summed E-state index contributed by atoms with van der Waals surface area (Å²) in [5, 5.41) is 9.66. The first-order valence-electron chi connectivity index (χ1n) is 12.8. The van der Waals surface area contributed by atoms with E-state index in [4.69, 9.17) is 0 Å². The molecule has 0 fully saturated rings. The fraction of sp³-hybridized carbons (Fsp3) is 0.242. The summed E-state index contributed by atoms with van der Waals surface area (Å²) in [6.45, 7) is 8.35. The molecule has 5 rings (SSSR count). The van der Waals surface area contributed by atoms with E-state index in [0.717, 1.165) is 30.5 Å². The molecule has 2 aromatic carbocycles. The zero-order valence-electron chi connectivity index (χ0n) is 21.6. The van der Waals surface area contributed by atoms with Crippen molar-refractivity contribution in [3.8, 4) is 17.2 Å². The number of hydrogen-bond donors (Lipinski definition) is 0. The van der Waals surface area contributed by atoms with E-state index in [-0.39, 0.29) is 6.04 Å². The van der Waals surface area contributed by atoms with E-state index in [1.807, 2.05) is 6.92 Å². The Morgan fingerprint density at radius 3 is 2.47 bits per heavy atom. The van der Waals surface area contributed by atoms with Gasteiger partial charge in [0, 0.05) is 39.6 Å². The maximum Gasteiger partial charge on any atom is 0.0962 e. The second-order valence-electron chi connectivity index (χ2n) is 9.76. The molecule has 0 saturated carbocycles. The SMILES string of the molecule is C/C(C#N)=C(\C)n1c(C)c(-c2ccccc2C)c2c1C=CC(N(C1=CC=CCC1)c1ccccc1)C2. The Balaban J connectivity index is 1.70. The van der Waals surface area contributed by atoms with E-state index in [0.29, 0.717) is 0 Å². The molecule has 0 N–H and O–H groups in total. The molecule has 0 radical (unpaired) electrons. The van der Waals surface area contributed by atoms with E-state index in [1.165, 1.54) is 45.0 Å². The Kier molecular flexibility index (Phi) is 6.53. The highest BCUT2D eigenvalue weighted by atomic mass is 15.2. The normalized spacial score (nSPS) is 17.2. The van der Waals surface area contributed by atoms with E-state index >= 15 is 0 Å². The Bertz CT molecular complexity index is 1450. The van der Waals surface area contributed by atoms with Crippen molar-refractivity contribution in [3.63, 3.8) is 0 Å². The summed E-state index contributed by atoms with van der Waals surface area (Å²) in [5.74, 6) is 0. The zero-order chi connectivity index (χ0) is 25.2. The van der Waals surface area contributed by atoms with Gasteiger partial charge in [-0.15, -0.1) is 0 Å². The van der Waals surface area contributed by atoms with Gasteiger partial charge in [-0.3, -0.25) is 0 Å². The van der Waals surface area contributed by atoms with Crippen molar-refractivity contribution >= 4 is 17.5 Å². The van der Waals surface area contributed by atoms with Crippen LogP contribution in [0, 0.1) is 25.2 Å². The average Bonchev–Trinajstić information content (AvgIpc) is 3.20. The van der Waals surface area contributed by atoms with Gasteiger partial charge in [-0.1, -0.05) is 60.7 Å². The predicted molar refractivity (Wildman–Crippen MR) is 151 cm³/mol. The van der Waals surface area contributed by atoms with Gasteiger partial charge in [-0.05, 0) is 87.9 Å². The van der Waals surface area contributed by atoms with Crippen LogP contribution in [0.25, 0.3) is 22.9 Å². The lowest BCUT2D eigenvalue weighted by Crippen LogP contribution is -2.36. The average molecular weight is 472 g/mol. The Morgan fingerprint density at radius 1 is 1.03 bits per heavy atom. The third-order valence-corrected chi connectivity index (χ3v) is 7.57. The minimum Gasteiger partial charge on any atom is -0.338 e. The molecule has 1 aromatic heterocycles. The van der Waals surface area contributed by atoms with Gasteiger partial charge < -0.3 is 9.47 Å². The third kappa shape index (κ3) is 4.14. The fourth-order valence-electron chi connectivity index (χ4n) is 5.65. The summed E-state index contributed by atoms with van der Waals surface area (Å²) >= 11 is 0. The topological polar surface area (TPSA) is 32.0 Å². The number of aryl methyl sites for hydroxylation is 1. The summed E-state index contributed by atoms with van der Waals surface area (Å²) in [6, 6.07) is 22.0. The van der Waals surface area contributed by atoms with Crippen LogP contribution in [0.15, 0.2) is 90.2 Å². The highest BCUT2D eigenvalue weighted by Gasteiger charge is 2.30. The van der Waals surface area contributed by atoms with Gasteiger partial charge in [0.15, 0.2) is 0 Å². The van der Waals surface area contributed by atoms with Crippen LogP contribution in [-0.4, -0.2) is 10.6 Å². The number of para-hydroxylation sites is 1. The van der Waals surface area contributed by atoms with Crippen LogP contribution in [-0.2, 0) is 6.42 Å². The van der Waals surface area contributed by atoms with Gasteiger partial charge in [0.1, 0.15) is 0 Å². The lowest BCUT2D eigenvalue weighted by molar-refractivity contribution is 0.708. The molecule has 3 aromatic rings. The molecule has 180 valence electrons. The number of allylic oxidation sites excluding steroid dienone is 6. The van der Waals surface area contributed by atoms with Crippen LogP contribution >= 0.6 is 0 Å². The Labute approximate surface area is 215 Å². The van der Waals surface area contributed by atoms with Crippen molar-refractivity contribution in [2.75, 3.05) is 4.90 Å². The number of aromatic nitrogens is 1. The van der Waals surface area contributed by atoms with Crippen LogP contribution in [0.2, 0.25) is 0 Å². The summed E-state index contributed by atoms with van der Waals surface area (Å²) in [7, 11) is 0. The molecule has 0 saturated heterocycles. The fourth-order valence-corrected chi connectivity index (χ4v) is 5.65. The van der Waals surface area contributed by atoms with Crippen molar-refractivity contribution in [1.29, 1.82) is 5.26 Å². The first-order valence-corrected chi connectivity index (χ1v) is 12.8. The number of rotatable bonds is 5. The second-order valence-corrected chi connectivity index (χ2v) is 9.76. The first kappa shape index (κ1) is 23.7. The summed E-state index contributed by atoms with van der Waals surface area (Å²) in [4.78, 5) is 2.51. The van der Waals surface area contributed by atoms with Crippen molar-refractivity contribution in [1.82, 2.24) is 4.57 Å². The van der Waals surface area contributed by atoms with Gasteiger partial charge in [0.25, 0.3) is 0 Å². The van der Waals surface area contributed by atoms with E-state index < -0.39 is 0 Å².